The molecule has 0 spiro atoms. The summed E-state index contributed by atoms with van der Waals surface area (Å²) in [4.78, 5) is 0.765. The van der Waals surface area contributed by atoms with Gasteiger partial charge in [0.2, 0.25) is 4.88 Å². The van der Waals surface area contributed by atoms with Crippen molar-refractivity contribution in [2.75, 3.05) is 0 Å². The lowest BCUT2D eigenvalue weighted by atomic mass is 10.2. The van der Waals surface area contributed by atoms with Crippen LogP contribution in [0.25, 0.3) is 21.2 Å². The molecule has 4 heteroatoms. The van der Waals surface area contributed by atoms with Crippen LogP contribution in [0.3, 0.4) is 0 Å². The molecule has 1 aliphatic heterocycles. The van der Waals surface area contributed by atoms with Gasteiger partial charge in [0.15, 0.2) is 0 Å². The van der Waals surface area contributed by atoms with Crippen molar-refractivity contribution in [1.29, 1.82) is 0 Å². The van der Waals surface area contributed by atoms with Crippen LogP contribution in [-0.4, -0.2) is 14.1 Å². The molecule has 68 valence electrons. The van der Waals surface area contributed by atoms with Gasteiger partial charge in [-0.1, -0.05) is 24.3 Å². The number of benzene rings is 1. The zero-order valence-corrected chi connectivity index (χ0v) is 7.99. The molecule has 3 rings (SSSR count). The number of hydrogen-bond donors (Lipinski definition) is 0. The Morgan fingerprint density at radius 3 is 3.00 bits per heavy atom. The first kappa shape index (κ1) is 7.84. The highest BCUT2D eigenvalue weighted by atomic mass is 32.2. The van der Waals surface area contributed by atoms with E-state index < -0.39 is 10.9 Å². The summed E-state index contributed by atoms with van der Waals surface area (Å²) >= 11 is 0. The minimum Gasteiger partial charge on any atom is -0.567 e. The van der Waals surface area contributed by atoms with Crippen LogP contribution in [-0.2, 0) is 0 Å². The molecule has 3 nitrogen and oxygen atoms in total. The molecule has 1 aliphatic carbocycles. The Morgan fingerprint density at radius 2 is 2.07 bits per heavy atom. The van der Waals surface area contributed by atoms with Crippen LogP contribution in [0.1, 0.15) is 0 Å². The highest BCUT2D eigenvalue weighted by Crippen LogP contribution is 2.38. The van der Waals surface area contributed by atoms with Gasteiger partial charge in [-0.3, -0.25) is 0 Å². The van der Waals surface area contributed by atoms with Crippen molar-refractivity contribution in [1.82, 2.24) is 9.59 Å². The highest BCUT2D eigenvalue weighted by Gasteiger charge is 2.18. The first-order chi connectivity index (χ1) is 6.86. The molecule has 0 saturated carbocycles. The van der Waals surface area contributed by atoms with Gasteiger partial charge in [-0.15, -0.1) is 5.10 Å². The van der Waals surface area contributed by atoms with Crippen LogP contribution < -0.4 is 0 Å². The number of hydrogen-bond acceptors (Lipinski definition) is 3. The Hall–Kier alpha value is -1.52. The Balaban J connectivity index is 2.55. The molecule has 1 heterocycles. The fourth-order valence-electron chi connectivity index (χ4n) is 1.67. The average Bonchev–Trinajstić information content (AvgIpc) is 2.59. The average molecular weight is 202 g/mol. The van der Waals surface area contributed by atoms with E-state index in [2.05, 4.69) is 9.59 Å². The van der Waals surface area contributed by atoms with Crippen molar-refractivity contribution in [2.24, 2.45) is 0 Å². The molecule has 0 fully saturated rings. The number of fused-ring (bicyclic) bond motifs is 3. The topological polar surface area (TPSA) is 48.8 Å². The Kier molecular flexibility index (Phi) is 1.53. The summed E-state index contributed by atoms with van der Waals surface area (Å²) in [5.74, 6) is 0. The van der Waals surface area contributed by atoms with Gasteiger partial charge in [0.1, 0.15) is 0 Å². The minimum absolute atomic E-state index is 0.765. The SMILES string of the molecule is [O-][s+]1nncc2c3ccccc3cc1-2. The normalized spacial score (nSPS) is 12.5. The fraction of sp³-hybridized carbons (Fsp3) is 0. The molecule has 0 aromatic heterocycles. The van der Waals surface area contributed by atoms with E-state index in [1.165, 1.54) is 0 Å². The van der Waals surface area contributed by atoms with E-state index in [1.807, 2.05) is 30.3 Å². The van der Waals surface area contributed by atoms with E-state index in [4.69, 9.17) is 0 Å². The van der Waals surface area contributed by atoms with Crippen molar-refractivity contribution in [3.05, 3.63) is 36.5 Å². The summed E-state index contributed by atoms with van der Waals surface area (Å²) in [6, 6.07) is 9.84. The molecule has 0 radical (unpaired) electrons. The predicted molar refractivity (Wildman–Crippen MR) is 54.8 cm³/mol. The molecule has 0 saturated heterocycles. The second-order valence-electron chi connectivity index (χ2n) is 3.08. The first-order valence-electron chi connectivity index (χ1n) is 4.20. The summed E-state index contributed by atoms with van der Waals surface area (Å²) in [6.07, 6.45) is 1.67. The highest BCUT2D eigenvalue weighted by molar-refractivity contribution is 7.23. The Morgan fingerprint density at radius 1 is 1.21 bits per heavy atom. The van der Waals surface area contributed by atoms with Gasteiger partial charge >= 0.3 is 0 Å². The molecule has 0 amide bonds. The van der Waals surface area contributed by atoms with Crippen LogP contribution in [0.4, 0.5) is 0 Å². The van der Waals surface area contributed by atoms with Crippen LogP contribution in [0.5, 0.6) is 0 Å². The van der Waals surface area contributed by atoms with Crippen LogP contribution in [0, 0.1) is 0 Å². The Bertz CT molecular complexity index is 575. The van der Waals surface area contributed by atoms with Crippen molar-refractivity contribution in [2.45, 2.75) is 0 Å². The van der Waals surface area contributed by atoms with E-state index in [1.54, 1.807) is 6.20 Å². The smallest absolute Gasteiger partial charge is 0.209 e. The summed E-state index contributed by atoms with van der Waals surface area (Å²) in [6.45, 7) is 0. The molecule has 1 aromatic rings. The van der Waals surface area contributed by atoms with Gasteiger partial charge in [0, 0.05) is 6.07 Å². The van der Waals surface area contributed by atoms with E-state index >= 15 is 0 Å². The maximum atomic E-state index is 11.5. The Labute approximate surface area is 83.3 Å². The van der Waals surface area contributed by atoms with E-state index in [0.717, 1.165) is 21.2 Å². The second kappa shape index (κ2) is 2.73. The van der Waals surface area contributed by atoms with Gasteiger partial charge in [-0.05, 0) is 10.8 Å². The van der Waals surface area contributed by atoms with Gasteiger partial charge in [-0.25, -0.2) is 0 Å². The number of rotatable bonds is 0. The van der Waals surface area contributed by atoms with E-state index in [0.29, 0.717) is 0 Å². The minimum atomic E-state index is -1.32. The van der Waals surface area contributed by atoms with Gasteiger partial charge < -0.3 is 4.55 Å². The van der Waals surface area contributed by atoms with Crippen LogP contribution >= 0.6 is 10.9 Å². The third-order valence-corrected chi connectivity index (χ3v) is 3.26. The number of aromatic nitrogens is 2. The molecule has 1 aromatic carbocycles. The lowest BCUT2D eigenvalue weighted by Crippen LogP contribution is -1.83. The lowest BCUT2D eigenvalue weighted by molar-refractivity contribution is 0.587. The first-order valence-corrected chi connectivity index (χ1v) is 5.31. The predicted octanol–water partition coefficient (Wildman–Crippen LogP) is 2.46. The van der Waals surface area contributed by atoms with E-state index in [-0.39, 0.29) is 0 Å². The standard InChI is InChI=1S/C10H6N2OS/c13-14-10-5-7-3-1-2-4-8(7)9(10)6-11-12-14/h1-6H. The zero-order chi connectivity index (χ0) is 9.54. The van der Waals surface area contributed by atoms with E-state index in [9.17, 15) is 4.55 Å². The third-order valence-electron chi connectivity index (χ3n) is 2.30. The molecule has 2 aliphatic rings. The quantitative estimate of drug-likeness (QED) is 0.526. The zero-order valence-electron chi connectivity index (χ0n) is 7.18. The largest absolute Gasteiger partial charge is 0.567 e. The van der Waals surface area contributed by atoms with Gasteiger partial charge in [0.05, 0.1) is 27.2 Å². The van der Waals surface area contributed by atoms with Crippen LogP contribution in [0.15, 0.2) is 36.5 Å². The second-order valence-corrected chi connectivity index (χ2v) is 4.19. The summed E-state index contributed by atoms with van der Waals surface area (Å²) in [5, 5.41) is 5.91. The van der Waals surface area contributed by atoms with Crippen molar-refractivity contribution in [3.63, 3.8) is 0 Å². The van der Waals surface area contributed by atoms with Crippen molar-refractivity contribution in [3.8, 4) is 10.4 Å². The molecule has 1 unspecified atom stereocenters. The maximum Gasteiger partial charge on any atom is 0.209 e. The third kappa shape index (κ3) is 0.950. The van der Waals surface area contributed by atoms with Gasteiger partial charge in [0.25, 0.3) is 0 Å². The summed E-state index contributed by atoms with van der Waals surface area (Å²) in [7, 11) is -1.32. The molecule has 0 N–H and O–H groups in total. The molecule has 1 atom stereocenters. The lowest BCUT2D eigenvalue weighted by Gasteiger charge is -1.95. The van der Waals surface area contributed by atoms with Gasteiger partial charge in [-0.2, -0.15) is 0 Å². The molecular weight excluding hydrogens is 196 g/mol. The monoisotopic (exact) mass is 202 g/mol. The molecular formula is C10H6N2OS. The molecule has 0 bridgehead atoms. The molecule has 14 heavy (non-hydrogen) atoms. The van der Waals surface area contributed by atoms with Crippen LogP contribution in [0.2, 0.25) is 0 Å². The fourth-order valence-corrected chi connectivity index (χ4v) is 2.46. The van der Waals surface area contributed by atoms with Crippen molar-refractivity contribution < 1.29 is 4.55 Å². The maximum absolute atomic E-state index is 11.5. The number of nitrogens with zero attached hydrogens (tertiary/aromatic N) is 2. The summed E-state index contributed by atoms with van der Waals surface area (Å²) < 4.78 is 15.1. The summed E-state index contributed by atoms with van der Waals surface area (Å²) in [5.41, 5.74) is 0.939. The van der Waals surface area contributed by atoms with Crippen molar-refractivity contribution >= 4 is 21.7 Å².